The zero-order valence-electron chi connectivity index (χ0n) is 12.2. The van der Waals surface area contributed by atoms with Crippen molar-refractivity contribution >= 4 is 10.0 Å². The van der Waals surface area contributed by atoms with Gasteiger partial charge < -0.3 is 5.73 Å². The summed E-state index contributed by atoms with van der Waals surface area (Å²) in [4.78, 5) is 2.18. The van der Waals surface area contributed by atoms with E-state index in [0.717, 1.165) is 32.0 Å². The lowest BCUT2D eigenvalue weighted by Crippen LogP contribution is -2.40. The third-order valence-corrected chi connectivity index (χ3v) is 5.46. The molecule has 0 saturated carbocycles. The molecule has 1 fully saturated rings. The zero-order valence-corrected chi connectivity index (χ0v) is 13.0. The lowest BCUT2D eigenvalue weighted by atomic mass is 10.2. The molecular weight excluding hydrogens is 293 g/mol. The molecule has 1 aromatic rings. The number of hydrogen-bond donors (Lipinski definition) is 2. The van der Waals surface area contributed by atoms with E-state index in [1.54, 1.807) is 0 Å². The van der Waals surface area contributed by atoms with Crippen LogP contribution in [0.25, 0.3) is 0 Å². The predicted octanol–water partition coefficient (Wildman–Crippen LogP) is 1.05. The van der Waals surface area contributed by atoms with Crippen LogP contribution in [0, 0.1) is 5.82 Å². The first-order valence-corrected chi connectivity index (χ1v) is 8.68. The number of halogens is 1. The summed E-state index contributed by atoms with van der Waals surface area (Å²) >= 11 is 0. The summed E-state index contributed by atoms with van der Waals surface area (Å²) in [6, 6.07) is 3.87. The Hall–Kier alpha value is -1.02. The molecule has 0 radical (unpaired) electrons. The van der Waals surface area contributed by atoms with Crippen molar-refractivity contribution in [3.63, 3.8) is 0 Å². The first kappa shape index (κ1) is 16.4. The number of sulfonamides is 1. The van der Waals surface area contributed by atoms with E-state index in [4.69, 9.17) is 5.73 Å². The normalized spacial score (nSPS) is 20.0. The minimum absolute atomic E-state index is 0.0566. The van der Waals surface area contributed by atoms with Crippen LogP contribution in [0.1, 0.15) is 25.3 Å². The van der Waals surface area contributed by atoms with Crippen molar-refractivity contribution in [3.05, 3.63) is 29.6 Å². The Bertz CT molecular complexity index is 592. The van der Waals surface area contributed by atoms with Crippen LogP contribution in [0.15, 0.2) is 23.1 Å². The highest BCUT2D eigenvalue weighted by atomic mass is 32.2. The van der Waals surface area contributed by atoms with Crippen molar-refractivity contribution in [1.82, 2.24) is 9.62 Å². The zero-order chi connectivity index (χ0) is 15.5. The van der Waals surface area contributed by atoms with E-state index in [2.05, 4.69) is 16.5 Å². The van der Waals surface area contributed by atoms with Gasteiger partial charge in [0, 0.05) is 19.1 Å². The molecule has 1 aliphatic rings. The first-order valence-electron chi connectivity index (χ1n) is 7.20. The summed E-state index contributed by atoms with van der Waals surface area (Å²) in [5.41, 5.74) is 5.96. The lowest BCUT2D eigenvalue weighted by Gasteiger charge is -2.23. The van der Waals surface area contributed by atoms with Gasteiger partial charge in [0.2, 0.25) is 10.0 Å². The van der Waals surface area contributed by atoms with Crippen LogP contribution in [0.3, 0.4) is 0 Å². The first-order chi connectivity index (χ1) is 9.97. The van der Waals surface area contributed by atoms with Crippen molar-refractivity contribution in [2.24, 2.45) is 5.73 Å². The largest absolute Gasteiger partial charge is 0.326 e. The number of hydrogen-bond acceptors (Lipinski definition) is 4. The number of nitrogens with two attached hydrogens (primary N) is 1. The predicted molar refractivity (Wildman–Crippen MR) is 79.7 cm³/mol. The SMILES string of the molecule is CCN1CCCC1CNS(=O)(=O)c1cc(F)ccc1CN. The summed E-state index contributed by atoms with van der Waals surface area (Å²) in [6.45, 7) is 4.36. The van der Waals surface area contributed by atoms with Gasteiger partial charge in [-0.3, -0.25) is 4.90 Å². The van der Waals surface area contributed by atoms with Gasteiger partial charge in [0.1, 0.15) is 5.82 Å². The van der Waals surface area contributed by atoms with Crippen molar-refractivity contribution in [1.29, 1.82) is 0 Å². The van der Waals surface area contributed by atoms with Gasteiger partial charge in [-0.15, -0.1) is 0 Å². The second-order valence-corrected chi connectivity index (χ2v) is 6.97. The molecule has 1 heterocycles. The summed E-state index contributed by atoms with van der Waals surface area (Å²) in [5, 5.41) is 0. The Morgan fingerprint density at radius 2 is 2.24 bits per heavy atom. The summed E-state index contributed by atoms with van der Waals surface area (Å²) < 4.78 is 40.7. The van der Waals surface area contributed by atoms with Crippen LogP contribution in [0.2, 0.25) is 0 Å². The Labute approximate surface area is 125 Å². The molecule has 7 heteroatoms. The van der Waals surface area contributed by atoms with Gasteiger partial charge in [0.15, 0.2) is 0 Å². The van der Waals surface area contributed by atoms with E-state index >= 15 is 0 Å². The molecule has 1 unspecified atom stereocenters. The smallest absolute Gasteiger partial charge is 0.241 e. The Morgan fingerprint density at radius 1 is 1.48 bits per heavy atom. The van der Waals surface area contributed by atoms with Gasteiger partial charge in [0.05, 0.1) is 4.90 Å². The minimum Gasteiger partial charge on any atom is -0.326 e. The number of likely N-dealkylation sites (N-methyl/N-ethyl adjacent to an activating group) is 1. The Balaban J connectivity index is 2.13. The summed E-state index contributed by atoms with van der Waals surface area (Å²) in [7, 11) is -3.74. The van der Waals surface area contributed by atoms with Crippen LogP contribution in [-0.2, 0) is 16.6 Å². The number of rotatable bonds is 6. The molecule has 0 aromatic heterocycles. The molecule has 3 N–H and O–H groups in total. The molecule has 1 aliphatic heterocycles. The summed E-state index contributed by atoms with van der Waals surface area (Å²) in [5.74, 6) is -0.580. The standard InChI is InChI=1S/C14H22FN3O2S/c1-2-18-7-3-4-13(18)10-17-21(19,20)14-8-12(15)6-5-11(14)9-16/h5-6,8,13,17H,2-4,7,9-10,16H2,1H3. The van der Waals surface area contributed by atoms with Crippen molar-refractivity contribution in [3.8, 4) is 0 Å². The van der Waals surface area contributed by atoms with E-state index < -0.39 is 15.8 Å². The minimum atomic E-state index is -3.74. The average Bonchev–Trinajstić information content (AvgIpc) is 2.92. The number of benzene rings is 1. The van der Waals surface area contributed by atoms with E-state index in [1.807, 2.05) is 0 Å². The van der Waals surface area contributed by atoms with Crippen LogP contribution in [0.4, 0.5) is 4.39 Å². The van der Waals surface area contributed by atoms with Crippen molar-refractivity contribution in [2.75, 3.05) is 19.6 Å². The maximum Gasteiger partial charge on any atom is 0.241 e. The molecule has 1 atom stereocenters. The van der Waals surface area contributed by atoms with E-state index in [9.17, 15) is 12.8 Å². The maximum absolute atomic E-state index is 13.3. The van der Waals surface area contributed by atoms with Gasteiger partial charge in [-0.2, -0.15) is 0 Å². The molecule has 21 heavy (non-hydrogen) atoms. The Kier molecular flexibility index (Phi) is 5.32. The highest BCUT2D eigenvalue weighted by molar-refractivity contribution is 7.89. The molecule has 1 aromatic carbocycles. The second kappa shape index (κ2) is 6.83. The van der Waals surface area contributed by atoms with Crippen molar-refractivity contribution in [2.45, 2.75) is 37.2 Å². The van der Waals surface area contributed by atoms with E-state index in [0.29, 0.717) is 12.1 Å². The molecular formula is C14H22FN3O2S. The molecule has 1 saturated heterocycles. The number of likely N-dealkylation sites (tertiary alicyclic amines) is 1. The molecule has 0 bridgehead atoms. The highest BCUT2D eigenvalue weighted by Gasteiger charge is 2.26. The van der Waals surface area contributed by atoms with E-state index in [-0.39, 0.29) is 17.5 Å². The van der Waals surface area contributed by atoms with Crippen LogP contribution in [-0.4, -0.2) is 39.0 Å². The Morgan fingerprint density at radius 3 is 2.90 bits per heavy atom. The lowest BCUT2D eigenvalue weighted by molar-refractivity contribution is 0.268. The quantitative estimate of drug-likeness (QED) is 0.823. The van der Waals surface area contributed by atoms with Gasteiger partial charge >= 0.3 is 0 Å². The third-order valence-electron chi connectivity index (χ3n) is 3.95. The average molecular weight is 315 g/mol. The van der Waals surface area contributed by atoms with Crippen LogP contribution in [0.5, 0.6) is 0 Å². The van der Waals surface area contributed by atoms with Crippen molar-refractivity contribution < 1.29 is 12.8 Å². The van der Waals surface area contributed by atoms with Gasteiger partial charge in [0.25, 0.3) is 0 Å². The molecule has 5 nitrogen and oxygen atoms in total. The number of nitrogens with one attached hydrogen (secondary N) is 1. The molecule has 0 aliphatic carbocycles. The fraction of sp³-hybridized carbons (Fsp3) is 0.571. The van der Waals surface area contributed by atoms with E-state index in [1.165, 1.54) is 12.1 Å². The topological polar surface area (TPSA) is 75.4 Å². The van der Waals surface area contributed by atoms with Crippen LogP contribution < -0.4 is 10.5 Å². The monoisotopic (exact) mass is 315 g/mol. The van der Waals surface area contributed by atoms with Gasteiger partial charge in [-0.05, 0) is 43.6 Å². The fourth-order valence-electron chi connectivity index (χ4n) is 2.77. The molecule has 118 valence electrons. The van der Waals surface area contributed by atoms with Gasteiger partial charge in [-0.1, -0.05) is 13.0 Å². The highest BCUT2D eigenvalue weighted by Crippen LogP contribution is 2.19. The summed E-state index contributed by atoms with van der Waals surface area (Å²) in [6.07, 6.45) is 2.05. The maximum atomic E-state index is 13.3. The molecule has 2 rings (SSSR count). The fourth-order valence-corrected chi connectivity index (χ4v) is 4.11. The molecule has 0 amide bonds. The third kappa shape index (κ3) is 3.79. The number of nitrogens with zero attached hydrogens (tertiary/aromatic N) is 1. The van der Waals surface area contributed by atoms with Gasteiger partial charge in [-0.25, -0.2) is 17.5 Å². The van der Waals surface area contributed by atoms with Crippen LogP contribution >= 0.6 is 0 Å². The molecule has 0 spiro atoms. The second-order valence-electron chi connectivity index (χ2n) is 5.23.